The highest BCUT2D eigenvalue weighted by Gasteiger charge is 2.30. The van der Waals surface area contributed by atoms with Gasteiger partial charge in [-0.2, -0.15) is 0 Å². The first-order chi connectivity index (χ1) is 8.20. The van der Waals surface area contributed by atoms with Gasteiger partial charge in [0.15, 0.2) is 0 Å². The van der Waals surface area contributed by atoms with E-state index in [2.05, 4.69) is 17.3 Å². The topological polar surface area (TPSA) is 53.4 Å². The molecule has 0 spiro atoms. The fourth-order valence-corrected chi connectivity index (χ4v) is 3.14. The van der Waals surface area contributed by atoms with E-state index < -0.39 is 5.97 Å². The summed E-state index contributed by atoms with van der Waals surface area (Å²) < 4.78 is 0. The molecule has 2 rings (SSSR count). The molecule has 1 aliphatic heterocycles. The summed E-state index contributed by atoms with van der Waals surface area (Å²) in [5.74, 6) is -0.702. The van der Waals surface area contributed by atoms with E-state index in [9.17, 15) is 4.79 Å². The fraction of sp³-hybridized carbons (Fsp3) is 0.667. The molecule has 0 bridgehead atoms. The van der Waals surface area contributed by atoms with E-state index in [1.807, 2.05) is 4.90 Å². The Bertz CT molecular complexity index is 397. The number of rotatable bonds is 5. The Morgan fingerprint density at radius 1 is 1.67 bits per heavy atom. The average molecular weight is 291 g/mol. The molecule has 0 saturated carbocycles. The van der Waals surface area contributed by atoms with Gasteiger partial charge in [0.05, 0.1) is 10.7 Å². The molecule has 4 nitrogen and oxygen atoms in total. The van der Waals surface area contributed by atoms with Crippen LogP contribution >= 0.6 is 23.7 Å². The monoisotopic (exact) mass is 290 g/mol. The quantitative estimate of drug-likeness (QED) is 0.905. The van der Waals surface area contributed by atoms with Crippen molar-refractivity contribution in [3.8, 4) is 0 Å². The SMILES string of the molecule is CCCc1nc(CN2CCC[C@@H]2C(=O)O)cs1.Cl. The summed E-state index contributed by atoms with van der Waals surface area (Å²) in [6.07, 6.45) is 3.87. The minimum atomic E-state index is -0.702. The Hall–Kier alpha value is -0.650. The molecule has 18 heavy (non-hydrogen) atoms. The third-order valence-electron chi connectivity index (χ3n) is 3.08. The molecule has 1 saturated heterocycles. The summed E-state index contributed by atoms with van der Waals surface area (Å²) in [7, 11) is 0. The highest BCUT2D eigenvalue weighted by molar-refractivity contribution is 7.09. The maximum absolute atomic E-state index is 11.1. The van der Waals surface area contributed by atoms with Crippen LogP contribution in [-0.2, 0) is 17.8 Å². The molecule has 102 valence electrons. The summed E-state index contributed by atoms with van der Waals surface area (Å²) in [5.41, 5.74) is 1.02. The van der Waals surface area contributed by atoms with Gasteiger partial charge in [-0.3, -0.25) is 9.69 Å². The smallest absolute Gasteiger partial charge is 0.320 e. The minimum absolute atomic E-state index is 0. The fourth-order valence-electron chi connectivity index (χ4n) is 2.25. The lowest BCUT2D eigenvalue weighted by Gasteiger charge is -2.19. The van der Waals surface area contributed by atoms with Crippen molar-refractivity contribution in [2.75, 3.05) is 6.54 Å². The van der Waals surface area contributed by atoms with Crippen molar-refractivity contribution in [1.82, 2.24) is 9.88 Å². The van der Waals surface area contributed by atoms with Gasteiger partial charge in [0.25, 0.3) is 0 Å². The van der Waals surface area contributed by atoms with Crippen molar-refractivity contribution in [2.24, 2.45) is 0 Å². The van der Waals surface area contributed by atoms with Gasteiger partial charge >= 0.3 is 5.97 Å². The van der Waals surface area contributed by atoms with Crippen LogP contribution in [0.25, 0.3) is 0 Å². The zero-order chi connectivity index (χ0) is 12.3. The van der Waals surface area contributed by atoms with Gasteiger partial charge < -0.3 is 5.11 Å². The standard InChI is InChI=1S/C12H18N2O2S.ClH/c1-2-4-11-13-9(8-17-11)7-14-6-3-5-10(14)12(15)16;/h8,10H,2-7H2,1H3,(H,15,16);1H/t10-;/m1./s1. The molecule has 0 aliphatic carbocycles. The van der Waals surface area contributed by atoms with Crippen LogP contribution in [0.2, 0.25) is 0 Å². The third-order valence-corrected chi connectivity index (χ3v) is 4.03. The van der Waals surface area contributed by atoms with E-state index in [0.717, 1.165) is 42.9 Å². The molecule has 1 aromatic heterocycles. The molecular weight excluding hydrogens is 272 g/mol. The van der Waals surface area contributed by atoms with Gasteiger partial charge in [0, 0.05) is 11.9 Å². The van der Waals surface area contributed by atoms with Gasteiger partial charge in [-0.15, -0.1) is 23.7 Å². The Kier molecular flexibility index (Phi) is 6.05. The highest BCUT2D eigenvalue weighted by atomic mass is 35.5. The number of carboxylic acid groups (broad SMARTS) is 1. The van der Waals surface area contributed by atoms with Crippen molar-refractivity contribution >= 4 is 29.7 Å². The number of carbonyl (C=O) groups is 1. The summed E-state index contributed by atoms with van der Waals surface area (Å²) >= 11 is 1.68. The van der Waals surface area contributed by atoms with Crippen LogP contribution in [0.5, 0.6) is 0 Å². The Morgan fingerprint density at radius 3 is 3.11 bits per heavy atom. The Labute approximate surface area is 117 Å². The Balaban J connectivity index is 0.00000162. The van der Waals surface area contributed by atoms with Gasteiger partial charge in [0.2, 0.25) is 0 Å². The first-order valence-corrected chi connectivity index (χ1v) is 6.98. The molecule has 1 aliphatic rings. The first-order valence-electron chi connectivity index (χ1n) is 6.11. The summed E-state index contributed by atoms with van der Waals surface area (Å²) in [6, 6.07) is -0.314. The van der Waals surface area contributed by atoms with E-state index in [1.165, 1.54) is 0 Å². The van der Waals surface area contributed by atoms with Crippen molar-refractivity contribution in [2.45, 2.75) is 45.2 Å². The lowest BCUT2D eigenvalue weighted by atomic mass is 10.2. The number of halogens is 1. The van der Waals surface area contributed by atoms with Gasteiger partial charge in [-0.1, -0.05) is 6.92 Å². The molecular formula is C12H19ClN2O2S. The zero-order valence-corrected chi connectivity index (χ0v) is 12.1. The van der Waals surface area contributed by atoms with Crippen LogP contribution in [0, 0.1) is 0 Å². The van der Waals surface area contributed by atoms with E-state index in [1.54, 1.807) is 11.3 Å². The molecule has 0 radical (unpaired) electrons. The Morgan fingerprint density at radius 2 is 2.44 bits per heavy atom. The molecule has 1 fully saturated rings. The second-order valence-corrected chi connectivity index (χ2v) is 5.39. The van der Waals surface area contributed by atoms with E-state index in [-0.39, 0.29) is 18.4 Å². The maximum atomic E-state index is 11.1. The van der Waals surface area contributed by atoms with E-state index >= 15 is 0 Å². The van der Waals surface area contributed by atoms with Crippen LogP contribution in [-0.4, -0.2) is 33.5 Å². The molecule has 1 N–H and O–H groups in total. The van der Waals surface area contributed by atoms with Crippen LogP contribution in [0.15, 0.2) is 5.38 Å². The number of aryl methyl sites for hydroxylation is 1. The van der Waals surface area contributed by atoms with E-state index in [0.29, 0.717) is 6.54 Å². The molecule has 1 aromatic rings. The van der Waals surface area contributed by atoms with Crippen LogP contribution < -0.4 is 0 Å². The van der Waals surface area contributed by atoms with Crippen LogP contribution in [0.4, 0.5) is 0 Å². The number of hydrogen-bond donors (Lipinski definition) is 1. The number of likely N-dealkylation sites (tertiary alicyclic amines) is 1. The first kappa shape index (κ1) is 15.4. The second kappa shape index (κ2) is 7.07. The number of aliphatic carboxylic acids is 1. The van der Waals surface area contributed by atoms with Gasteiger partial charge in [-0.25, -0.2) is 4.98 Å². The molecule has 0 unspecified atom stereocenters. The van der Waals surface area contributed by atoms with Crippen LogP contribution in [0.1, 0.15) is 36.9 Å². The normalized spacial score (nSPS) is 19.7. The summed E-state index contributed by atoms with van der Waals surface area (Å²) in [6.45, 7) is 3.69. The van der Waals surface area contributed by atoms with Gasteiger partial charge in [0.1, 0.15) is 6.04 Å². The predicted octanol–water partition coefficient (Wildman–Crippen LogP) is 2.57. The molecule has 1 atom stereocenters. The second-order valence-electron chi connectivity index (χ2n) is 4.45. The number of aromatic nitrogens is 1. The number of thiazole rings is 1. The van der Waals surface area contributed by atoms with Crippen molar-refractivity contribution in [3.63, 3.8) is 0 Å². The van der Waals surface area contributed by atoms with Crippen molar-refractivity contribution < 1.29 is 9.90 Å². The summed E-state index contributed by atoms with van der Waals surface area (Å²) in [5, 5.41) is 12.3. The third kappa shape index (κ3) is 3.67. The van der Waals surface area contributed by atoms with Gasteiger partial charge in [-0.05, 0) is 32.2 Å². The maximum Gasteiger partial charge on any atom is 0.320 e. The minimum Gasteiger partial charge on any atom is -0.480 e. The largest absolute Gasteiger partial charge is 0.480 e. The lowest BCUT2D eigenvalue weighted by Crippen LogP contribution is -2.35. The average Bonchev–Trinajstić information content (AvgIpc) is 2.89. The van der Waals surface area contributed by atoms with Crippen molar-refractivity contribution in [3.05, 3.63) is 16.1 Å². The number of carboxylic acids is 1. The number of nitrogens with zero attached hydrogens (tertiary/aromatic N) is 2. The predicted molar refractivity (Wildman–Crippen MR) is 74.4 cm³/mol. The lowest BCUT2D eigenvalue weighted by molar-refractivity contribution is -0.142. The number of hydrogen-bond acceptors (Lipinski definition) is 4. The molecule has 0 aromatic carbocycles. The van der Waals surface area contributed by atoms with Crippen molar-refractivity contribution in [1.29, 1.82) is 0 Å². The van der Waals surface area contributed by atoms with Crippen LogP contribution in [0.3, 0.4) is 0 Å². The molecule has 2 heterocycles. The molecule has 0 amide bonds. The summed E-state index contributed by atoms with van der Waals surface area (Å²) in [4.78, 5) is 17.6. The van der Waals surface area contributed by atoms with E-state index in [4.69, 9.17) is 5.11 Å². The molecule has 6 heteroatoms. The highest BCUT2D eigenvalue weighted by Crippen LogP contribution is 2.21. The zero-order valence-electron chi connectivity index (χ0n) is 10.5.